The van der Waals surface area contributed by atoms with Crippen molar-refractivity contribution < 1.29 is 14.2 Å². The predicted molar refractivity (Wildman–Crippen MR) is 78.7 cm³/mol. The van der Waals surface area contributed by atoms with Crippen molar-refractivity contribution in [1.29, 1.82) is 0 Å². The first-order valence-corrected chi connectivity index (χ1v) is 6.69. The maximum atomic E-state index is 6.09. The van der Waals surface area contributed by atoms with Crippen LogP contribution >= 0.6 is 11.6 Å². The smallest absolute Gasteiger partial charge is 0.145 e. The van der Waals surface area contributed by atoms with E-state index in [1.807, 2.05) is 0 Å². The van der Waals surface area contributed by atoms with Gasteiger partial charge < -0.3 is 19.5 Å². The first-order valence-electron chi connectivity index (χ1n) is 6.31. The topological polar surface area (TPSA) is 39.7 Å². The van der Waals surface area contributed by atoms with Crippen LogP contribution in [0, 0.1) is 5.92 Å². The van der Waals surface area contributed by atoms with Crippen LogP contribution in [0.1, 0.15) is 13.8 Å². The van der Waals surface area contributed by atoms with E-state index in [1.54, 1.807) is 26.4 Å². The van der Waals surface area contributed by atoms with Crippen molar-refractivity contribution in [1.82, 2.24) is 0 Å². The van der Waals surface area contributed by atoms with Gasteiger partial charge in [0.25, 0.3) is 0 Å². The quantitative estimate of drug-likeness (QED) is 0.744. The summed E-state index contributed by atoms with van der Waals surface area (Å²) in [5, 5.41) is 3.79. The van der Waals surface area contributed by atoms with Crippen LogP contribution in [-0.4, -0.2) is 34.0 Å². The lowest BCUT2D eigenvalue weighted by molar-refractivity contribution is 0.118. The van der Waals surface area contributed by atoms with Gasteiger partial charge in [-0.15, -0.1) is 0 Å². The van der Waals surface area contributed by atoms with E-state index in [4.69, 9.17) is 25.8 Å². The monoisotopic (exact) mass is 287 g/mol. The molecular formula is C14H22ClNO3. The average Bonchev–Trinajstić information content (AvgIpc) is 2.38. The van der Waals surface area contributed by atoms with Gasteiger partial charge in [-0.25, -0.2) is 0 Å². The number of anilines is 1. The minimum atomic E-state index is 0.546. The second kappa shape index (κ2) is 8.12. The van der Waals surface area contributed by atoms with Gasteiger partial charge in [0.05, 0.1) is 31.5 Å². The zero-order valence-corrected chi connectivity index (χ0v) is 12.7. The fourth-order valence-electron chi connectivity index (χ4n) is 1.58. The Hall–Kier alpha value is -1.13. The van der Waals surface area contributed by atoms with Crippen LogP contribution in [0.5, 0.6) is 11.5 Å². The zero-order valence-electron chi connectivity index (χ0n) is 12.0. The molecule has 0 aliphatic carbocycles. The molecule has 1 aromatic carbocycles. The minimum Gasteiger partial charge on any atom is -0.495 e. The second-order valence-corrected chi connectivity index (χ2v) is 4.99. The summed E-state index contributed by atoms with van der Waals surface area (Å²) in [5.74, 6) is 1.84. The number of rotatable bonds is 8. The molecule has 0 aliphatic heterocycles. The Labute approximate surface area is 120 Å². The fraction of sp³-hybridized carbons (Fsp3) is 0.571. The summed E-state index contributed by atoms with van der Waals surface area (Å²) in [4.78, 5) is 0. The molecular weight excluding hydrogens is 266 g/mol. The summed E-state index contributed by atoms with van der Waals surface area (Å²) in [6.45, 7) is 6.36. The van der Waals surface area contributed by atoms with Gasteiger partial charge in [0.15, 0.2) is 0 Å². The highest BCUT2D eigenvalue weighted by atomic mass is 35.5. The largest absolute Gasteiger partial charge is 0.495 e. The maximum Gasteiger partial charge on any atom is 0.145 e. The van der Waals surface area contributed by atoms with Crippen molar-refractivity contribution in [2.24, 2.45) is 5.92 Å². The van der Waals surface area contributed by atoms with Gasteiger partial charge >= 0.3 is 0 Å². The summed E-state index contributed by atoms with van der Waals surface area (Å²) in [6.07, 6.45) is 0. The van der Waals surface area contributed by atoms with E-state index in [9.17, 15) is 0 Å². The van der Waals surface area contributed by atoms with Crippen molar-refractivity contribution >= 4 is 17.3 Å². The van der Waals surface area contributed by atoms with Crippen LogP contribution in [0.4, 0.5) is 5.69 Å². The number of hydrogen-bond donors (Lipinski definition) is 1. The molecule has 0 aromatic heterocycles. The molecule has 0 unspecified atom stereocenters. The molecule has 0 saturated heterocycles. The molecule has 5 heteroatoms. The third-order valence-corrected chi connectivity index (χ3v) is 2.78. The van der Waals surface area contributed by atoms with E-state index in [2.05, 4.69) is 19.2 Å². The number of hydrogen-bond acceptors (Lipinski definition) is 4. The molecule has 0 amide bonds. The van der Waals surface area contributed by atoms with Crippen LogP contribution in [0.3, 0.4) is 0 Å². The van der Waals surface area contributed by atoms with Gasteiger partial charge in [0.2, 0.25) is 0 Å². The first-order chi connectivity index (χ1) is 9.08. The SMILES string of the molecule is COc1cc(OC)c(NCCOCC(C)C)cc1Cl. The van der Waals surface area contributed by atoms with Crippen molar-refractivity contribution in [2.45, 2.75) is 13.8 Å². The predicted octanol–water partition coefficient (Wildman–Crippen LogP) is 3.44. The molecule has 1 rings (SSSR count). The van der Waals surface area contributed by atoms with Gasteiger partial charge in [0, 0.05) is 19.2 Å². The summed E-state index contributed by atoms with van der Waals surface area (Å²) >= 11 is 6.09. The number of methoxy groups -OCH3 is 2. The van der Waals surface area contributed by atoms with Crippen LogP contribution < -0.4 is 14.8 Å². The molecule has 0 saturated carbocycles. The summed E-state index contributed by atoms with van der Waals surface area (Å²) < 4.78 is 15.9. The normalized spacial score (nSPS) is 10.6. The Morgan fingerprint density at radius 1 is 1.16 bits per heavy atom. The highest BCUT2D eigenvalue weighted by Gasteiger charge is 2.09. The number of benzene rings is 1. The highest BCUT2D eigenvalue weighted by Crippen LogP contribution is 2.35. The zero-order chi connectivity index (χ0) is 14.3. The van der Waals surface area contributed by atoms with Gasteiger partial charge in [-0.3, -0.25) is 0 Å². The molecule has 1 N–H and O–H groups in total. The Morgan fingerprint density at radius 3 is 2.42 bits per heavy atom. The second-order valence-electron chi connectivity index (χ2n) is 4.58. The lowest BCUT2D eigenvalue weighted by Crippen LogP contribution is -2.12. The van der Waals surface area contributed by atoms with Gasteiger partial charge in [0.1, 0.15) is 11.5 Å². The lowest BCUT2D eigenvalue weighted by atomic mass is 10.2. The summed E-state index contributed by atoms with van der Waals surface area (Å²) in [5.41, 5.74) is 0.835. The first kappa shape index (κ1) is 15.9. The minimum absolute atomic E-state index is 0.546. The van der Waals surface area contributed by atoms with E-state index < -0.39 is 0 Å². The van der Waals surface area contributed by atoms with Crippen LogP contribution in [0.15, 0.2) is 12.1 Å². The van der Waals surface area contributed by atoms with E-state index >= 15 is 0 Å². The Morgan fingerprint density at radius 2 is 1.84 bits per heavy atom. The van der Waals surface area contributed by atoms with Crippen molar-refractivity contribution in [3.63, 3.8) is 0 Å². The summed E-state index contributed by atoms with van der Waals surface area (Å²) in [6, 6.07) is 3.56. The molecule has 0 heterocycles. The molecule has 0 atom stereocenters. The Kier molecular flexibility index (Phi) is 6.81. The van der Waals surface area contributed by atoms with Crippen LogP contribution in [0.25, 0.3) is 0 Å². The number of halogens is 1. The van der Waals surface area contributed by atoms with E-state index in [0.717, 1.165) is 12.3 Å². The molecule has 0 fully saturated rings. The Bertz CT molecular complexity index is 397. The Balaban J connectivity index is 2.55. The molecule has 4 nitrogen and oxygen atoms in total. The van der Waals surface area contributed by atoms with Crippen molar-refractivity contribution in [2.75, 3.05) is 39.3 Å². The third kappa shape index (κ3) is 5.17. The number of ether oxygens (including phenoxy) is 3. The third-order valence-electron chi connectivity index (χ3n) is 2.49. The standard InChI is InChI=1S/C14H22ClNO3/c1-10(2)9-19-6-5-16-12-7-11(15)13(17-3)8-14(12)18-4/h7-8,10,16H,5-6,9H2,1-4H3. The van der Waals surface area contributed by atoms with Crippen molar-refractivity contribution in [3.05, 3.63) is 17.2 Å². The molecule has 0 bridgehead atoms. The summed E-state index contributed by atoms with van der Waals surface area (Å²) in [7, 11) is 3.19. The molecule has 0 radical (unpaired) electrons. The average molecular weight is 288 g/mol. The molecule has 0 spiro atoms. The van der Waals surface area contributed by atoms with E-state index in [1.165, 1.54) is 0 Å². The van der Waals surface area contributed by atoms with Crippen molar-refractivity contribution in [3.8, 4) is 11.5 Å². The molecule has 1 aromatic rings. The molecule has 0 aliphatic rings. The molecule has 19 heavy (non-hydrogen) atoms. The lowest BCUT2D eigenvalue weighted by Gasteiger charge is -2.14. The van der Waals surface area contributed by atoms with Crippen LogP contribution in [-0.2, 0) is 4.74 Å². The maximum absolute atomic E-state index is 6.09. The highest BCUT2D eigenvalue weighted by molar-refractivity contribution is 6.32. The van der Waals surface area contributed by atoms with Gasteiger partial charge in [-0.05, 0) is 12.0 Å². The van der Waals surface area contributed by atoms with E-state index in [-0.39, 0.29) is 0 Å². The van der Waals surface area contributed by atoms with Gasteiger partial charge in [-0.1, -0.05) is 25.4 Å². The van der Waals surface area contributed by atoms with E-state index in [0.29, 0.717) is 35.6 Å². The fourth-order valence-corrected chi connectivity index (χ4v) is 1.82. The number of nitrogens with one attached hydrogen (secondary N) is 1. The van der Waals surface area contributed by atoms with Crippen LogP contribution in [0.2, 0.25) is 5.02 Å². The van der Waals surface area contributed by atoms with Gasteiger partial charge in [-0.2, -0.15) is 0 Å². The molecule has 108 valence electrons.